The van der Waals surface area contributed by atoms with E-state index in [0.29, 0.717) is 5.92 Å². The molecule has 1 aromatic rings. The second-order valence-electron chi connectivity index (χ2n) is 3.64. The van der Waals surface area contributed by atoms with Crippen LogP contribution in [0.4, 0.5) is 0 Å². The number of carboxylic acids is 1. The Morgan fingerprint density at radius 1 is 1.77 bits per heavy atom. The summed E-state index contributed by atoms with van der Waals surface area (Å²) in [6.07, 6.45) is 3.64. The number of aryl methyl sites for hydroxylation is 1. The molecule has 2 rings (SSSR count). The predicted molar refractivity (Wildman–Crippen MR) is 46.7 cm³/mol. The van der Waals surface area contributed by atoms with Crippen molar-refractivity contribution in [1.82, 2.24) is 9.55 Å². The molecule has 0 saturated heterocycles. The van der Waals surface area contributed by atoms with Gasteiger partial charge in [-0.25, -0.2) is 9.78 Å². The average Bonchev–Trinajstić information content (AvgIpc) is 2.46. The number of hydrogen-bond donors (Lipinski definition) is 1. The molecule has 0 radical (unpaired) electrons. The van der Waals surface area contributed by atoms with Gasteiger partial charge in [0.05, 0.1) is 0 Å². The third kappa shape index (κ3) is 1.43. The van der Waals surface area contributed by atoms with Gasteiger partial charge in [-0.2, -0.15) is 0 Å². The summed E-state index contributed by atoms with van der Waals surface area (Å²) >= 11 is 0. The van der Waals surface area contributed by atoms with Gasteiger partial charge in [-0.15, -0.1) is 0 Å². The zero-order valence-electron chi connectivity index (χ0n) is 7.53. The molecule has 0 aromatic carbocycles. The smallest absolute Gasteiger partial charge is 0.356 e. The van der Waals surface area contributed by atoms with Gasteiger partial charge in [-0.1, -0.05) is 6.92 Å². The van der Waals surface area contributed by atoms with Crippen LogP contribution >= 0.6 is 0 Å². The van der Waals surface area contributed by atoms with Crippen LogP contribution in [0.3, 0.4) is 0 Å². The average molecular weight is 180 g/mol. The van der Waals surface area contributed by atoms with Gasteiger partial charge in [0, 0.05) is 19.2 Å². The Hall–Kier alpha value is -1.32. The van der Waals surface area contributed by atoms with Gasteiger partial charge < -0.3 is 9.67 Å². The topological polar surface area (TPSA) is 55.1 Å². The number of carboxylic acid groups (broad SMARTS) is 1. The zero-order chi connectivity index (χ0) is 9.42. The van der Waals surface area contributed by atoms with Crippen LogP contribution in [-0.4, -0.2) is 20.6 Å². The molecule has 1 unspecified atom stereocenters. The molecule has 1 aliphatic rings. The van der Waals surface area contributed by atoms with Gasteiger partial charge in [0.25, 0.3) is 0 Å². The van der Waals surface area contributed by atoms with Crippen molar-refractivity contribution in [3.63, 3.8) is 0 Å². The summed E-state index contributed by atoms with van der Waals surface area (Å²) < 4.78 is 1.96. The Bertz CT molecular complexity index is 343. The van der Waals surface area contributed by atoms with Crippen LogP contribution in [0.5, 0.6) is 0 Å². The minimum Gasteiger partial charge on any atom is -0.476 e. The quantitative estimate of drug-likeness (QED) is 0.705. The monoisotopic (exact) mass is 180 g/mol. The van der Waals surface area contributed by atoms with Gasteiger partial charge in [0.15, 0.2) is 5.69 Å². The fraction of sp³-hybridized carbons (Fsp3) is 0.556. The Balaban J connectivity index is 2.33. The number of hydrogen-bond acceptors (Lipinski definition) is 2. The number of aromatic carboxylic acids is 1. The summed E-state index contributed by atoms with van der Waals surface area (Å²) in [4.78, 5) is 14.7. The molecule has 4 nitrogen and oxygen atoms in total. The van der Waals surface area contributed by atoms with Crippen molar-refractivity contribution in [2.45, 2.75) is 26.3 Å². The van der Waals surface area contributed by atoms with Gasteiger partial charge in [-0.05, 0) is 12.3 Å². The lowest BCUT2D eigenvalue weighted by molar-refractivity contribution is 0.0691. The Kier molecular flexibility index (Phi) is 1.83. The van der Waals surface area contributed by atoms with Crippen LogP contribution in [-0.2, 0) is 13.0 Å². The third-order valence-electron chi connectivity index (χ3n) is 2.45. The van der Waals surface area contributed by atoms with Crippen molar-refractivity contribution in [2.24, 2.45) is 5.92 Å². The molecule has 0 amide bonds. The highest BCUT2D eigenvalue weighted by atomic mass is 16.4. The van der Waals surface area contributed by atoms with Crippen molar-refractivity contribution in [2.75, 3.05) is 0 Å². The molecule has 2 heterocycles. The largest absolute Gasteiger partial charge is 0.476 e. The number of aromatic nitrogens is 2. The van der Waals surface area contributed by atoms with E-state index in [-0.39, 0.29) is 5.69 Å². The molecule has 1 atom stereocenters. The van der Waals surface area contributed by atoms with Crippen LogP contribution in [0.15, 0.2) is 6.20 Å². The molecule has 0 spiro atoms. The molecule has 0 aliphatic carbocycles. The second kappa shape index (κ2) is 2.87. The summed E-state index contributed by atoms with van der Waals surface area (Å²) in [5, 5.41) is 8.72. The SMILES string of the molecule is CC1CCc2nc(C(=O)O)cn2C1. The number of carbonyl (C=O) groups is 1. The molecule has 1 aromatic heterocycles. The summed E-state index contributed by atoms with van der Waals surface area (Å²) in [6, 6.07) is 0. The van der Waals surface area contributed by atoms with Crippen LogP contribution in [0.1, 0.15) is 29.7 Å². The Labute approximate surface area is 76.2 Å². The number of fused-ring (bicyclic) bond motifs is 1. The maximum absolute atomic E-state index is 10.6. The molecule has 13 heavy (non-hydrogen) atoms. The van der Waals surface area contributed by atoms with E-state index in [2.05, 4.69) is 11.9 Å². The summed E-state index contributed by atoms with van der Waals surface area (Å²) in [5.41, 5.74) is 0.170. The minimum absolute atomic E-state index is 0.170. The maximum Gasteiger partial charge on any atom is 0.356 e. The lowest BCUT2D eigenvalue weighted by atomic mass is 10.0. The van der Waals surface area contributed by atoms with Crippen molar-refractivity contribution >= 4 is 5.97 Å². The number of nitrogens with zero attached hydrogens (tertiary/aromatic N) is 2. The van der Waals surface area contributed by atoms with Crippen LogP contribution in [0, 0.1) is 5.92 Å². The van der Waals surface area contributed by atoms with E-state index in [1.54, 1.807) is 6.20 Å². The fourth-order valence-corrected chi connectivity index (χ4v) is 1.72. The van der Waals surface area contributed by atoms with E-state index in [1.807, 2.05) is 4.57 Å². The van der Waals surface area contributed by atoms with Crippen molar-refractivity contribution < 1.29 is 9.90 Å². The van der Waals surface area contributed by atoms with E-state index < -0.39 is 5.97 Å². The van der Waals surface area contributed by atoms with E-state index >= 15 is 0 Å². The third-order valence-corrected chi connectivity index (χ3v) is 2.45. The molecule has 0 saturated carbocycles. The molecular weight excluding hydrogens is 168 g/mol. The van der Waals surface area contributed by atoms with E-state index in [4.69, 9.17) is 5.11 Å². The van der Waals surface area contributed by atoms with Gasteiger partial charge >= 0.3 is 5.97 Å². The zero-order valence-corrected chi connectivity index (χ0v) is 7.53. The van der Waals surface area contributed by atoms with Crippen LogP contribution < -0.4 is 0 Å². The molecule has 0 fully saturated rings. The summed E-state index contributed by atoms with van der Waals surface area (Å²) in [6.45, 7) is 3.07. The lowest BCUT2D eigenvalue weighted by Gasteiger charge is -2.19. The van der Waals surface area contributed by atoms with Crippen molar-refractivity contribution in [3.05, 3.63) is 17.7 Å². The van der Waals surface area contributed by atoms with Gasteiger partial charge in [-0.3, -0.25) is 0 Å². The van der Waals surface area contributed by atoms with E-state index in [9.17, 15) is 4.79 Å². The molecule has 70 valence electrons. The van der Waals surface area contributed by atoms with Crippen LogP contribution in [0.2, 0.25) is 0 Å². The van der Waals surface area contributed by atoms with E-state index in [1.165, 1.54) is 0 Å². The van der Waals surface area contributed by atoms with Crippen molar-refractivity contribution in [3.8, 4) is 0 Å². The molecular formula is C9H12N2O2. The summed E-state index contributed by atoms with van der Waals surface area (Å²) in [5.74, 6) is 0.605. The first-order valence-corrected chi connectivity index (χ1v) is 4.46. The van der Waals surface area contributed by atoms with Crippen LogP contribution in [0.25, 0.3) is 0 Å². The normalized spacial score (nSPS) is 21.2. The highest BCUT2D eigenvalue weighted by molar-refractivity contribution is 5.85. The first-order chi connectivity index (χ1) is 6.16. The summed E-state index contributed by atoms with van der Waals surface area (Å²) in [7, 11) is 0. The molecule has 1 N–H and O–H groups in total. The fourth-order valence-electron chi connectivity index (χ4n) is 1.72. The Morgan fingerprint density at radius 2 is 2.54 bits per heavy atom. The second-order valence-corrected chi connectivity index (χ2v) is 3.64. The van der Waals surface area contributed by atoms with E-state index in [0.717, 1.165) is 25.2 Å². The highest BCUT2D eigenvalue weighted by Crippen LogP contribution is 2.19. The first kappa shape index (κ1) is 8.29. The Morgan fingerprint density at radius 3 is 3.23 bits per heavy atom. The number of imidazole rings is 1. The number of rotatable bonds is 1. The maximum atomic E-state index is 10.6. The van der Waals surface area contributed by atoms with Gasteiger partial charge in [0.1, 0.15) is 5.82 Å². The van der Waals surface area contributed by atoms with Gasteiger partial charge in [0.2, 0.25) is 0 Å². The molecule has 1 aliphatic heterocycles. The molecule has 4 heteroatoms. The lowest BCUT2D eigenvalue weighted by Crippen LogP contribution is -2.17. The first-order valence-electron chi connectivity index (χ1n) is 4.46. The predicted octanol–water partition coefficient (Wildman–Crippen LogP) is 1.16. The highest BCUT2D eigenvalue weighted by Gasteiger charge is 2.19. The standard InChI is InChI=1S/C9H12N2O2/c1-6-2-3-8-10-7(9(12)13)5-11(8)4-6/h5-6H,2-4H2,1H3,(H,12,13). The molecule has 0 bridgehead atoms. The minimum atomic E-state index is -0.936. The van der Waals surface area contributed by atoms with Crippen molar-refractivity contribution in [1.29, 1.82) is 0 Å².